The molecule has 0 bridgehead atoms. The van der Waals surface area contributed by atoms with E-state index in [2.05, 4.69) is 41.5 Å². The van der Waals surface area contributed by atoms with E-state index in [9.17, 15) is 119 Å². The molecule has 0 atom stereocenters. The van der Waals surface area contributed by atoms with E-state index < -0.39 is 264 Å². The molecular formula is C94H84B2F30N2O10W2. The molecule has 2 aliphatic rings. The maximum absolute atomic E-state index is 15.4. The predicted octanol–water partition coefficient (Wildman–Crippen LogP) is 16.9. The van der Waals surface area contributed by atoms with Crippen molar-refractivity contribution >= 4 is 69.2 Å². The molecule has 12 rings (SSSR count). The molecule has 2 fully saturated rings. The van der Waals surface area contributed by atoms with Gasteiger partial charge in [0.25, 0.3) is 0 Å². The Morgan fingerprint density at radius 2 is 0.414 bits per heavy atom. The van der Waals surface area contributed by atoms with Gasteiger partial charge in [0.05, 0.1) is 23.9 Å². The molecule has 0 spiro atoms. The van der Waals surface area contributed by atoms with Crippen molar-refractivity contribution in [2.75, 3.05) is 26.4 Å². The SMILES string of the molecule is C1CCOC1.C1CCOC1.CC(C)c1cc(C(C)C)c(C(=O)[O-])c(C(C)C)c1.CC(C)c1cc(C(C)C)c(C(=O)[O-])c(C(C)C)c1.CCCCCC.O=C([O-])c1cc[n+]([B-](c2c(F)c(F)c(F)c(F)c2F)(c2c(F)c(F)c(F)c(F)c2F)c2c(F)c(F)c(F)c(F)c2F)cc1.O=C([O-])c1cc[n+]([B-](c2c(F)c(F)c(F)c(F)c2F)(c2c(F)c(F)c(F)c(F)c2F)c2c(F)c(F)c(F)c(F)c2F)cc1.[W+2].[W+2]. The number of nitrogens with zero attached hydrogens (tertiary/aromatic N) is 2. The molecule has 2 saturated heterocycles. The fourth-order valence-corrected chi connectivity index (χ4v) is 15.3. The van der Waals surface area contributed by atoms with E-state index >= 15 is 52.7 Å². The molecule has 0 N–H and O–H groups in total. The molecule has 46 heteroatoms. The van der Waals surface area contributed by atoms with E-state index in [-0.39, 0.29) is 115 Å². The number of hydrogen-bond acceptors (Lipinski definition) is 10. The number of aromatic carboxylic acids is 4. The van der Waals surface area contributed by atoms with Crippen molar-refractivity contribution in [3.8, 4) is 0 Å². The molecule has 10 aromatic rings. The Kier molecular flexibility index (Phi) is 44.5. The Bertz CT molecular complexity index is 5260. The summed E-state index contributed by atoms with van der Waals surface area (Å²) in [5.41, 5.74) is -12.5. The van der Waals surface area contributed by atoms with E-state index in [1.165, 1.54) is 62.5 Å². The Morgan fingerprint density at radius 3 is 0.521 bits per heavy atom. The number of rotatable bonds is 21. The predicted molar refractivity (Wildman–Crippen MR) is 435 cm³/mol. The van der Waals surface area contributed by atoms with E-state index in [4.69, 9.17) is 9.47 Å². The zero-order valence-electron chi connectivity index (χ0n) is 76.2. The number of carboxylic acid groups (broad SMARTS) is 4. The van der Waals surface area contributed by atoms with Gasteiger partial charge in [-0.25, -0.2) is 132 Å². The zero-order valence-corrected chi connectivity index (χ0v) is 82.0. The van der Waals surface area contributed by atoms with Gasteiger partial charge in [0.2, 0.25) is 0 Å². The molecule has 12 nitrogen and oxygen atoms in total. The average Bonchev–Trinajstić information content (AvgIpc) is 0.748. The van der Waals surface area contributed by atoms with Crippen LogP contribution in [0.15, 0.2) is 73.3 Å². The van der Waals surface area contributed by atoms with Crippen LogP contribution in [0.2, 0.25) is 0 Å². The molecule has 758 valence electrons. The second-order valence-electron chi connectivity index (χ2n) is 33.2. The third-order valence-electron chi connectivity index (χ3n) is 22.3. The standard InChI is InChI=1S/2C24H5BF15NO2.2C16H24O2.C6H14.2C4H8O.2W/c2*26-9-6(10(27)16(33)21(38)15(9)32)25(41-3-1-5(2-4-41)24(42)43,7-11(28)17(34)22(39)18(35)12(7)29)8-13(30)19(36)23(40)20(37)14(8)31;2*1-9(2)12-7-13(10(3)4)15(16(17)18)14(8-12)11(5)6;1-3-5-6-4-2;2*1-2-4-5-3-1;;/h2*1-4H,(H,42,43);2*7-11H,1-6H3,(H,17,18);3-6H2,1-2H3;2*1-4H2;;/q;;;;;;;2*+2/p-4. The summed E-state index contributed by atoms with van der Waals surface area (Å²) < 4.78 is 451. The first-order valence-corrected chi connectivity index (χ1v) is 42.1. The van der Waals surface area contributed by atoms with Crippen LogP contribution < -0.4 is 62.2 Å². The van der Waals surface area contributed by atoms with Crippen LogP contribution in [-0.4, -0.2) is 62.9 Å². The Morgan fingerprint density at radius 1 is 0.264 bits per heavy atom. The van der Waals surface area contributed by atoms with E-state index in [0.29, 0.717) is 23.0 Å². The summed E-state index contributed by atoms with van der Waals surface area (Å²) in [5, 5.41) is 45.2. The number of unbranched alkanes of at least 4 members (excludes halogenated alkanes) is 3. The van der Waals surface area contributed by atoms with Crippen molar-refractivity contribution in [2.45, 2.75) is 184 Å². The molecular weight excluding hydrogens is 2280 g/mol. The van der Waals surface area contributed by atoms with E-state index in [1.54, 1.807) is 0 Å². The van der Waals surface area contributed by atoms with Gasteiger partial charge in [0.1, 0.15) is 94.6 Å². The molecule has 4 heterocycles. The largest absolute Gasteiger partial charge is 2.00 e. The van der Waals surface area contributed by atoms with E-state index in [0.717, 1.165) is 48.7 Å². The summed E-state index contributed by atoms with van der Waals surface area (Å²) in [6.07, 6.45) is -1.57. The Hall–Kier alpha value is -10.7. The number of carbonyl (C=O) groups excluding carboxylic acids is 4. The topological polar surface area (TPSA) is 187 Å². The van der Waals surface area contributed by atoms with Crippen LogP contribution in [0.3, 0.4) is 0 Å². The number of carboxylic acids is 4. The smallest absolute Gasteiger partial charge is 0.545 e. The van der Waals surface area contributed by atoms with Gasteiger partial charge in [-0.15, -0.1) is 0 Å². The Labute approximate surface area is 810 Å². The summed E-state index contributed by atoms with van der Waals surface area (Å²) >= 11 is 0. The quantitative estimate of drug-likeness (QED) is 0.0220. The summed E-state index contributed by atoms with van der Waals surface area (Å²) in [7, 11) is 0. The minimum Gasteiger partial charge on any atom is -0.545 e. The summed E-state index contributed by atoms with van der Waals surface area (Å²) in [6, 6.07) is 8.84. The number of halogens is 30. The third kappa shape index (κ3) is 24.8. The van der Waals surface area contributed by atoms with Crippen molar-refractivity contribution in [1.82, 2.24) is 0 Å². The first-order valence-electron chi connectivity index (χ1n) is 42.1. The molecule has 2 aromatic heterocycles. The molecule has 8 aromatic carbocycles. The van der Waals surface area contributed by atoms with Gasteiger partial charge < -0.3 is 58.0 Å². The second kappa shape index (κ2) is 51.3. The fourth-order valence-electron chi connectivity index (χ4n) is 15.3. The minimum absolute atomic E-state index is 0. The normalized spacial score (nSPS) is 12.3. The van der Waals surface area contributed by atoms with Crippen molar-refractivity contribution in [2.24, 2.45) is 0 Å². The van der Waals surface area contributed by atoms with Crippen molar-refractivity contribution < 1.29 is 232 Å². The van der Waals surface area contributed by atoms with Crippen LogP contribution in [-0.2, 0) is 51.6 Å². The van der Waals surface area contributed by atoms with Crippen LogP contribution in [0.4, 0.5) is 132 Å². The van der Waals surface area contributed by atoms with Crippen molar-refractivity contribution in [3.05, 3.63) is 303 Å². The number of hydrogen-bond donors (Lipinski definition) is 0. The summed E-state index contributed by atoms with van der Waals surface area (Å²) in [4.78, 5) is 45.2. The van der Waals surface area contributed by atoms with Gasteiger partial charge in [-0.2, -0.15) is 0 Å². The maximum atomic E-state index is 15.4. The van der Waals surface area contributed by atoms with Crippen LogP contribution in [0.25, 0.3) is 0 Å². The van der Waals surface area contributed by atoms with Crippen molar-refractivity contribution in [3.63, 3.8) is 0 Å². The van der Waals surface area contributed by atoms with Crippen LogP contribution in [0.5, 0.6) is 0 Å². The van der Waals surface area contributed by atoms with Crippen LogP contribution in [0, 0.1) is 175 Å². The third-order valence-corrected chi connectivity index (χ3v) is 22.3. The van der Waals surface area contributed by atoms with Crippen LogP contribution in [0.1, 0.15) is 259 Å². The Balaban J connectivity index is 0.000000388. The van der Waals surface area contributed by atoms with Crippen LogP contribution >= 0.6 is 0 Å². The number of pyridine rings is 2. The van der Waals surface area contributed by atoms with Crippen molar-refractivity contribution in [1.29, 1.82) is 0 Å². The summed E-state index contributed by atoms with van der Waals surface area (Å²) in [6.45, 7) is 33.2. The fraction of sp³-hybridized carbons (Fsp3) is 0.340. The average molecular weight is 2360 g/mol. The molecule has 140 heavy (non-hydrogen) atoms. The molecule has 0 unspecified atom stereocenters. The van der Waals surface area contributed by atoms with Gasteiger partial charge in [-0.3, -0.25) is 0 Å². The molecule has 0 radical (unpaired) electrons. The first-order chi connectivity index (χ1) is 64.3. The first kappa shape index (κ1) is 122. The molecule has 0 aliphatic carbocycles. The number of carbonyl (C=O) groups is 4. The van der Waals surface area contributed by atoms with Gasteiger partial charge in [0.15, 0.2) is 105 Å². The molecule has 0 amide bonds. The zero-order chi connectivity index (χ0) is 105. The number of benzene rings is 8. The maximum Gasteiger partial charge on any atom is 2.00 e. The van der Waals surface area contributed by atoms with Gasteiger partial charge in [-0.1, -0.05) is 147 Å². The van der Waals surface area contributed by atoms with E-state index in [1.807, 2.05) is 79.7 Å². The summed E-state index contributed by atoms with van der Waals surface area (Å²) in [5.74, 6) is -99.4. The second-order valence-corrected chi connectivity index (χ2v) is 33.2. The monoisotopic (exact) mass is 2360 g/mol. The molecule has 0 saturated carbocycles. The minimum atomic E-state index is -6.05. The van der Waals surface area contributed by atoms with Gasteiger partial charge in [0, 0.05) is 72.9 Å². The number of ether oxygens (including phenoxy) is 2. The van der Waals surface area contributed by atoms with Gasteiger partial charge >= 0.3 is 54.7 Å². The number of aromatic nitrogens is 2. The molecule has 2 aliphatic heterocycles. The van der Waals surface area contributed by atoms with Gasteiger partial charge in [-0.05, 0) is 127 Å².